The highest BCUT2D eigenvalue weighted by molar-refractivity contribution is 5.83. The lowest BCUT2D eigenvalue weighted by molar-refractivity contribution is -0.143. The second-order valence-electron chi connectivity index (χ2n) is 7.49. The van der Waals surface area contributed by atoms with E-state index in [9.17, 15) is 4.79 Å². The fraction of sp³-hybridized carbons (Fsp3) is 0.778. The molecule has 24 heavy (non-hydrogen) atoms. The van der Waals surface area contributed by atoms with E-state index >= 15 is 0 Å². The number of piperidine rings is 1. The van der Waals surface area contributed by atoms with E-state index in [-0.39, 0.29) is 5.41 Å². The summed E-state index contributed by atoms with van der Waals surface area (Å²) in [6.07, 6.45) is 5.70. The van der Waals surface area contributed by atoms with Crippen LogP contribution in [-0.4, -0.2) is 55.4 Å². The van der Waals surface area contributed by atoms with Gasteiger partial charge >= 0.3 is 0 Å². The lowest BCUT2D eigenvalue weighted by Crippen LogP contribution is -2.49. The molecule has 0 bridgehead atoms. The number of hydrogen-bond donors (Lipinski definition) is 1. The van der Waals surface area contributed by atoms with Crippen LogP contribution in [0.5, 0.6) is 0 Å². The maximum absolute atomic E-state index is 13.2. The first-order valence-corrected chi connectivity index (χ1v) is 9.30. The Bertz CT molecular complexity index is 568. The van der Waals surface area contributed by atoms with Gasteiger partial charge < -0.3 is 19.5 Å². The van der Waals surface area contributed by atoms with Crippen LogP contribution in [0.25, 0.3) is 0 Å². The molecule has 6 heteroatoms. The SMILES string of the molecule is O=C(N1CCCC1)C1(Cc2cc(C3CCOC3)no2)CCNCC1. The minimum Gasteiger partial charge on any atom is -0.381 e. The lowest BCUT2D eigenvalue weighted by atomic mass is 9.74. The number of aromatic nitrogens is 1. The van der Waals surface area contributed by atoms with E-state index in [0.717, 1.165) is 83.0 Å². The van der Waals surface area contributed by atoms with Crippen molar-refractivity contribution < 1.29 is 14.1 Å². The number of amides is 1. The van der Waals surface area contributed by atoms with Crippen LogP contribution in [0.2, 0.25) is 0 Å². The fourth-order valence-corrected chi connectivity index (χ4v) is 4.33. The standard InChI is InChI=1S/C18H27N3O3/c22-17(21-8-1-2-9-21)18(4-6-19-7-5-18)12-15-11-16(20-24-15)14-3-10-23-13-14/h11,14,19H,1-10,12-13H2. The molecule has 0 saturated carbocycles. The largest absolute Gasteiger partial charge is 0.381 e. The zero-order valence-corrected chi connectivity index (χ0v) is 14.3. The Labute approximate surface area is 142 Å². The van der Waals surface area contributed by atoms with Gasteiger partial charge in [0, 0.05) is 38.1 Å². The van der Waals surface area contributed by atoms with Crippen LogP contribution < -0.4 is 5.32 Å². The van der Waals surface area contributed by atoms with Crippen molar-refractivity contribution in [1.29, 1.82) is 0 Å². The summed E-state index contributed by atoms with van der Waals surface area (Å²) in [6, 6.07) is 2.06. The Hall–Kier alpha value is -1.40. The van der Waals surface area contributed by atoms with Gasteiger partial charge in [0.15, 0.2) is 0 Å². The second kappa shape index (κ2) is 6.84. The van der Waals surface area contributed by atoms with Gasteiger partial charge in [-0.1, -0.05) is 5.16 Å². The molecular weight excluding hydrogens is 306 g/mol. The summed E-state index contributed by atoms with van der Waals surface area (Å²) in [5.74, 6) is 1.52. The molecule has 1 amide bonds. The first kappa shape index (κ1) is 16.1. The van der Waals surface area contributed by atoms with Gasteiger partial charge in [-0.2, -0.15) is 0 Å². The quantitative estimate of drug-likeness (QED) is 0.908. The highest BCUT2D eigenvalue weighted by Crippen LogP contribution is 2.37. The molecule has 1 aromatic rings. The molecule has 0 radical (unpaired) electrons. The summed E-state index contributed by atoms with van der Waals surface area (Å²) in [7, 11) is 0. The number of carbonyl (C=O) groups is 1. The summed E-state index contributed by atoms with van der Waals surface area (Å²) in [4.78, 5) is 15.3. The molecule has 1 unspecified atom stereocenters. The van der Waals surface area contributed by atoms with E-state index in [4.69, 9.17) is 9.26 Å². The minimum atomic E-state index is -0.321. The van der Waals surface area contributed by atoms with Crippen molar-refractivity contribution in [2.45, 2.75) is 44.4 Å². The molecule has 1 N–H and O–H groups in total. The van der Waals surface area contributed by atoms with Crippen LogP contribution >= 0.6 is 0 Å². The maximum Gasteiger partial charge on any atom is 0.229 e. The Morgan fingerprint density at radius 1 is 1.33 bits per heavy atom. The van der Waals surface area contributed by atoms with E-state index in [2.05, 4.69) is 21.4 Å². The monoisotopic (exact) mass is 333 g/mol. The summed E-state index contributed by atoms with van der Waals surface area (Å²) >= 11 is 0. The van der Waals surface area contributed by atoms with Gasteiger partial charge in [-0.3, -0.25) is 4.79 Å². The van der Waals surface area contributed by atoms with Crippen LogP contribution in [-0.2, 0) is 16.0 Å². The third-order valence-electron chi connectivity index (χ3n) is 5.85. The summed E-state index contributed by atoms with van der Waals surface area (Å²) in [5, 5.41) is 7.64. The van der Waals surface area contributed by atoms with Crippen molar-refractivity contribution in [1.82, 2.24) is 15.4 Å². The molecule has 0 aliphatic carbocycles. The van der Waals surface area contributed by atoms with Crippen molar-refractivity contribution >= 4 is 5.91 Å². The van der Waals surface area contributed by atoms with Gasteiger partial charge in [0.25, 0.3) is 0 Å². The van der Waals surface area contributed by atoms with Gasteiger partial charge in [-0.15, -0.1) is 0 Å². The molecule has 0 aromatic carbocycles. The predicted molar refractivity (Wildman–Crippen MR) is 88.7 cm³/mol. The van der Waals surface area contributed by atoms with E-state index in [0.29, 0.717) is 18.2 Å². The van der Waals surface area contributed by atoms with Crippen molar-refractivity contribution in [3.8, 4) is 0 Å². The van der Waals surface area contributed by atoms with Gasteiger partial charge in [0.05, 0.1) is 17.7 Å². The van der Waals surface area contributed by atoms with Crippen molar-refractivity contribution in [2.24, 2.45) is 5.41 Å². The zero-order chi connectivity index (χ0) is 16.4. The van der Waals surface area contributed by atoms with Crippen molar-refractivity contribution in [3.05, 3.63) is 17.5 Å². The molecule has 6 nitrogen and oxygen atoms in total. The summed E-state index contributed by atoms with van der Waals surface area (Å²) in [6.45, 7) is 5.15. The number of hydrogen-bond acceptors (Lipinski definition) is 5. The van der Waals surface area contributed by atoms with Crippen LogP contribution in [0.1, 0.15) is 49.5 Å². The molecule has 1 atom stereocenters. The topological polar surface area (TPSA) is 67.6 Å². The van der Waals surface area contributed by atoms with Gasteiger partial charge in [0.1, 0.15) is 5.76 Å². The lowest BCUT2D eigenvalue weighted by Gasteiger charge is -2.38. The number of nitrogens with zero attached hydrogens (tertiary/aromatic N) is 2. The summed E-state index contributed by atoms with van der Waals surface area (Å²) < 4.78 is 11.1. The third kappa shape index (κ3) is 3.09. The average molecular weight is 333 g/mol. The molecule has 3 fully saturated rings. The average Bonchev–Trinajstić information content (AvgIpc) is 3.36. The van der Waals surface area contributed by atoms with Crippen LogP contribution in [0, 0.1) is 5.41 Å². The minimum absolute atomic E-state index is 0.321. The molecule has 0 spiro atoms. The molecule has 3 aliphatic rings. The summed E-state index contributed by atoms with van der Waals surface area (Å²) in [5.41, 5.74) is 0.665. The number of rotatable bonds is 4. The molecule has 1 aromatic heterocycles. The van der Waals surface area contributed by atoms with Gasteiger partial charge in [-0.05, 0) is 45.2 Å². The Kier molecular flexibility index (Phi) is 4.59. The Morgan fingerprint density at radius 2 is 2.12 bits per heavy atom. The Balaban J connectivity index is 1.52. The first-order valence-electron chi connectivity index (χ1n) is 9.30. The molecule has 4 rings (SSSR count). The maximum atomic E-state index is 13.2. The van der Waals surface area contributed by atoms with E-state index in [1.54, 1.807) is 0 Å². The molecular formula is C18H27N3O3. The predicted octanol–water partition coefficient (Wildman–Crippen LogP) is 1.71. The van der Waals surface area contributed by atoms with E-state index in [1.807, 2.05) is 0 Å². The van der Waals surface area contributed by atoms with E-state index in [1.165, 1.54) is 0 Å². The highest BCUT2D eigenvalue weighted by Gasteiger charge is 2.43. The van der Waals surface area contributed by atoms with Gasteiger partial charge in [0.2, 0.25) is 5.91 Å². The highest BCUT2D eigenvalue weighted by atomic mass is 16.5. The molecule has 3 aliphatic heterocycles. The normalized spacial score (nSPS) is 26.8. The molecule has 3 saturated heterocycles. The zero-order valence-electron chi connectivity index (χ0n) is 14.3. The first-order chi connectivity index (χ1) is 11.8. The number of likely N-dealkylation sites (tertiary alicyclic amines) is 1. The number of nitrogens with one attached hydrogen (secondary N) is 1. The fourth-order valence-electron chi connectivity index (χ4n) is 4.33. The van der Waals surface area contributed by atoms with Crippen LogP contribution in [0.4, 0.5) is 0 Å². The molecule has 132 valence electrons. The van der Waals surface area contributed by atoms with Gasteiger partial charge in [-0.25, -0.2) is 0 Å². The number of ether oxygens (including phenoxy) is 1. The molecule has 4 heterocycles. The second-order valence-corrected chi connectivity index (χ2v) is 7.49. The van der Waals surface area contributed by atoms with Crippen LogP contribution in [0.15, 0.2) is 10.6 Å². The van der Waals surface area contributed by atoms with Crippen LogP contribution in [0.3, 0.4) is 0 Å². The smallest absolute Gasteiger partial charge is 0.229 e. The van der Waals surface area contributed by atoms with E-state index < -0.39 is 0 Å². The Morgan fingerprint density at radius 3 is 2.83 bits per heavy atom. The van der Waals surface area contributed by atoms with Crippen molar-refractivity contribution in [3.63, 3.8) is 0 Å². The number of carbonyl (C=O) groups excluding carboxylic acids is 1. The third-order valence-corrected chi connectivity index (χ3v) is 5.85. The van der Waals surface area contributed by atoms with Crippen molar-refractivity contribution in [2.75, 3.05) is 39.4 Å².